The van der Waals surface area contributed by atoms with E-state index in [1.807, 2.05) is 104 Å². The second kappa shape index (κ2) is 39.7. The van der Waals surface area contributed by atoms with Gasteiger partial charge in [0.05, 0.1) is 48.4 Å². The first-order chi connectivity index (χ1) is 62.1. The molecule has 2 fully saturated rings. The number of aryl methyl sites for hydroxylation is 7. The van der Waals surface area contributed by atoms with Crippen molar-refractivity contribution >= 4 is 139 Å². The molecule has 8 amide bonds. The smallest absolute Gasteiger partial charge is 0.255 e. The van der Waals surface area contributed by atoms with Crippen molar-refractivity contribution in [3.63, 3.8) is 0 Å². The van der Waals surface area contributed by atoms with Crippen molar-refractivity contribution in [2.45, 2.75) is 189 Å². The molecule has 129 heavy (non-hydrogen) atoms. The average molecular weight is 1820 g/mol. The maximum Gasteiger partial charge on any atom is 0.255 e. The molecule has 16 rings (SSSR count). The molecule has 0 radical (unpaired) electrons. The molecule has 10 aromatic rings. The molecular formula is C94H96Cl2N18O13S2. The van der Waals surface area contributed by atoms with E-state index in [4.69, 9.17) is 47.4 Å². The number of unbranched alkanes of at least 4 members (excludes halogenated alkanes) is 4. The van der Waals surface area contributed by atoms with Crippen LogP contribution in [0.1, 0.15) is 217 Å². The lowest BCUT2D eigenvalue weighted by Gasteiger charge is -2.29. The van der Waals surface area contributed by atoms with E-state index in [9.17, 15) is 47.9 Å². The number of ether oxygens (including phenoxy) is 3. The minimum Gasteiger partial charge on any atom is -0.494 e. The Morgan fingerprint density at radius 2 is 0.915 bits per heavy atom. The molecule has 0 bridgehead atoms. The van der Waals surface area contributed by atoms with Gasteiger partial charge in [0.25, 0.3) is 11.8 Å². The van der Waals surface area contributed by atoms with Crippen LogP contribution in [0.4, 0.5) is 22.7 Å². The number of carbonyl (C=O) groups is 10. The number of rotatable bonds is 31. The van der Waals surface area contributed by atoms with Gasteiger partial charge in [-0.05, 0) is 195 Å². The number of azo groups is 2. The van der Waals surface area contributed by atoms with Gasteiger partial charge in [0, 0.05) is 122 Å². The van der Waals surface area contributed by atoms with Crippen LogP contribution in [0.25, 0.3) is 10.0 Å². The summed E-state index contributed by atoms with van der Waals surface area (Å²) in [7, 11) is 1.50. The fraction of sp³-hybridized carbons (Fsp3) is 0.362. The zero-order chi connectivity index (χ0) is 91.2. The Labute approximate surface area is 762 Å². The maximum atomic E-state index is 13.4. The van der Waals surface area contributed by atoms with E-state index in [0.717, 1.165) is 90.4 Å². The first kappa shape index (κ1) is 90.8. The summed E-state index contributed by atoms with van der Waals surface area (Å²) < 4.78 is 21.4. The highest BCUT2D eigenvalue weighted by Crippen LogP contribution is 2.45. The number of aliphatic imine (C=N–C) groups is 2. The van der Waals surface area contributed by atoms with Crippen molar-refractivity contribution in [3.8, 4) is 27.3 Å². The SMILES string of the molecule is COc1cc(OCC(=O)CCCCCNC(=O)CC2N=C(c3ccc(Cl)cc3)c3c(sc(C)c3C)-n3c(C)nnc32)cc(C)c1N=Nc1cccc2c1CN(C1CCC(=O)NC1=O)C2=O.Cc1cc(OCC(=O)CCCCCNC(=O)CC2N=C(c3ccc(Cl)cc3)c3c(sc(C)c3C)-n3c(C)nnc32)cc(C)c1N=Nc1cccc2c1CN(C1CCC(=O)NC1=O)C2=O. The van der Waals surface area contributed by atoms with Crippen LogP contribution < -0.4 is 35.5 Å². The molecule has 35 heteroatoms. The van der Waals surface area contributed by atoms with Gasteiger partial charge in [0.15, 0.2) is 23.2 Å². The fourth-order valence-electron chi connectivity index (χ4n) is 16.7. The highest BCUT2D eigenvalue weighted by molar-refractivity contribution is 7.15. The first-order valence-electron chi connectivity index (χ1n) is 42.8. The van der Waals surface area contributed by atoms with Crippen LogP contribution in [0.5, 0.6) is 17.2 Å². The number of hydrogen-bond donors (Lipinski definition) is 4. The Kier molecular flexibility index (Phi) is 28.0. The number of Topliss-reactive ketones (excluding diaryl/α,β-unsaturated/α-hetero) is 2. The number of hydrogen-bond acceptors (Lipinski definition) is 25. The summed E-state index contributed by atoms with van der Waals surface area (Å²) in [6, 6.07) is 30.0. The molecule has 4 N–H and O–H groups in total. The summed E-state index contributed by atoms with van der Waals surface area (Å²) in [5, 5.41) is 49.7. The summed E-state index contributed by atoms with van der Waals surface area (Å²) in [4.78, 5) is 143. The number of nitrogens with one attached hydrogen (secondary N) is 4. The minimum absolute atomic E-state index is 0.0250. The summed E-state index contributed by atoms with van der Waals surface area (Å²) in [5.41, 5.74) is 14.2. The molecule has 10 heterocycles. The van der Waals surface area contributed by atoms with E-state index in [2.05, 4.69) is 89.8 Å². The Morgan fingerprint density at radius 1 is 0.504 bits per heavy atom. The van der Waals surface area contributed by atoms with Crippen molar-refractivity contribution in [2.75, 3.05) is 33.4 Å². The van der Waals surface area contributed by atoms with Gasteiger partial charge in [-0.15, -0.1) is 53.3 Å². The molecule has 0 spiro atoms. The third kappa shape index (κ3) is 20.0. The molecule has 6 aromatic carbocycles. The number of piperidine rings is 2. The number of fused-ring (bicyclic) bond motifs is 8. The first-order valence-corrected chi connectivity index (χ1v) is 45.2. The van der Waals surface area contributed by atoms with Crippen molar-refractivity contribution < 1.29 is 62.2 Å². The molecule has 4 unspecified atom stereocenters. The highest BCUT2D eigenvalue weighted by Gasteiger charge is 2.43. The number of methoxy groups -OCH3 is 1. The molecule has 666 valence electrons. The molecule has 0 aliphatic carbocycles. The standard InChI is InChI=1S/C47H48ClN9O7S.C47H48ClN9O6S/c1-25-20-32(21-38(63-5)42(25)54-53-35-12-9-11-33-34(35)23-56(46(33)62)37-17-18-39(59)51-45(37)61)64-24-31(58)10-7-6-8-19-49-40(60)22-36-44-55-52-28(4)57(44)47-41(26(2)27(3)65-47)43(50-36)29-13-15-30(48)16-14-29;1-25-20-33(21-26(2)42(25)54-53-36-12-9-11-34-35(36)23-56(46(34)62)38-17-18-39(59)51-45(38)61)63-24-32(58)10-7-6-8-19-49-40(60)22-37-44-55-52-29(5)57(44)47-41(27(3)28(4)64-47)43(50-37)30-13-15-31(48)16-14-30/h9,11-16,20-21,36-37H,6-8,10,17-19,22-24H2,1-5H3,(H,49,60)(H,51,59,61);9,11-16,20-21,37-38H,6-8,10,17-19,22-24H2,1-5H3,(H,49,60)(H,51,59,61). The van der Waals surface area contributed by atoms with Crippen LogP contribution in [-0.4, -0.2) is 155 Å². The topological polar surface area (TPSA) is 389 Å². The summed E-state index contributed by atoms with van der Waals surface area (Å²) in [6.45, 7) is 18.9. The van der Waals surface area contributed by atoms with Gasteiger partial charge in [0.2, 0.25) is 35.4 Å². The number of nitrogens with zero attached hydrogens (tertiary/aromatic N) is 14. The molecule has 6 aliphatic rings. The van der Waals surface area contributed by atoms with Crippen LogP contribution in [-0.2, 0) is 51.4 Å². The summed E-state index contributed by atoms with van der Waals surface area (Å²) >= 11 is 15.8. The van der Waals surface area contributed by atoms with Crippen LogP contribution in [0, 0.1) is 62.3 Å². The van der Waals surface area contributed by atoms with Crippen LogP contribution >= 0.6 is 45.9 Å². The van der Waals surface area contributed by atoms with E-state index in [0.29, 0.717) is 141 Å². The fourth-order valence-corrected chi connectivity index (χ4v) is 19.4. The quantitative estimate of drug-likeness (QED) is 0.0178. The normalized spacial score (nSPS) is 16.8. The largest absolute Gasteiger partial charge is 0.494 e. The van der Waals surface area contributed by atoms with Crippen LogP contribution in [0.3, 0.4) is 0 Å². The van der Waals surface area contributed by atoms with E-state index < -0.39 is 36.0 Å². The predicted octanol–water partition coefficient (Wildman–Crippen LogP) is 16.3. The molecule has 4 aromatic heterocycles. The highest BCUT2D eigenvalue weighted by atomic mass is 35.5. The maximum absolute atomic E-state index is 13.4. The third-order valence-corrected chi connectivity index (χ3v) is 26.6. The van der Waals surface area contributed by atoms with E-state index in [1.54, 1.807) is 71.2 Å². The number of halogens is 2. The molecule has 0 saturated carbocycles. The molecule has 31 nitrogen and oxygen atoms in total. The lowest BCUT2D eigenvalue weighted by molar-refractivity contribution is -0.138. The number of thiophene rings is 2. The third-order valence-electron chi connectivity index (χ3n) is 23.7. The average Bonchev–Trinajstić information content (AvgIpc) is 1.59. The number of benzene rings is 6. The van der Waals surface area contributed by atoms with Crippen molar-refractivity contribution in [1.29, 1.82) is 0 Å². The van der Waals surface area contributed by atoms with Gasteiger partial charge < -0.3 is 34.6 Å². The second-order valence-electron chi connectivity index (χ2n) is 32.7. The number of aromatic nitrogens is 6. The van der Waals surface area contributed by atoms with Crippen molar-refractivity contribution in [2.24, 2.45) is 30.4 Å². The lowest BCUT2D eigenvalue weighted by Crippen LogP contribution is -2.52. The number of ketones is 2. The molecule has 4 atom stereocenters. The Morgan fingerprint density at radius 3 is 1.33 bits per heavy atom. The van der Waals surface area contributed by atoms with Gasteiger partial charge in [-0.25, -0.2) is 0 Å². The predicted molar refractivity (Wildman–Crippen MR) is 487 cm³/mol. The minimum atomic E-state index is -0.741. The monoisotopic (exact) mass is 1820 g/mol. The van der Waals surface area contributed by atoms with E-state index in [1.165, 1.54) is 26.7 Å². The second-order valence-corrected chi connectivity index (χ2v) is 36.0. The van der Waals surface area contributed by atoms with Crippen molar-refractivity contribution in [1.82, 2.24) is 60.6 Å². The molecule has 2 saturated heterocycles. The molecule has 6 aliphatic heterocycles. The number of imide groups is 2. The van der Waals surface area contributed by atoms with E-state index >= 15 is 0 Å². The van der Waals surface area contributed by atoms with Crippen LogP contribution in [0.2, 0.25) is 10.0 Å². The van der Waals surface area contributed by atoms with Gasteiger partial charge in [-0.3, -0.25) is 77.7 Å². The Bertz CT molecular complexity index is 6260. The van der Waals surface area contributed by atoms with Gasteiger partial charge in [0.1, 0.15) is 82.0 Å². The number of carbonyl (C=O) groups excluding carboxylic acids is 10. The molecular weight excluding hydrogens is 1720 g/mol. The van der Waals surface area contributed by atoms with Crippen molar-refractivity contribution in [3.05, 3.63) is 225 Å². The van der Waals surface area contributed by atoms with Gasteiger partial charge in [-0.2, -0.15) is 10.2 Å². The summed E-state index contributed by atoms with van der Waals surface area (Å²) in [6.07, 6.45) is 5.95. The van der Waals surface area contributed by atoms with Crippen LogP contribution in [0.15, 0.2) is 140 Å². The summed E-state index contributed by atoms with van der Waals surface area (Å²) in [5.74, 6) is 1.48. The zero-order valence-electron chi connectivity index (χ0n) is 73.0. The van der Waals surface area contributed by atoms with E-state index in [-0.39, 0.29) is 112 Å². The lowest BCUT2D eigenvalue weighted by atomic mass is 9.99. The Balaban J connectivity index is 0.000000198. The Hall–Kier alpha value is -13.0. The number of amides is 8. The zero-order valence-corrected chi connectivity index (χ0v) is 76.1. The van der Waals surface area contributed by atoms with Gasteiger partial charge >= 0.3 is 0 Å². The van der Waals surface area contributed by atoms with Gasteiger partial charge in [-0.1, -0.05) is 72.4 Å².